The van der Waals surface area contributed by atoms with Crippen LogP contribution in [0.15, 0.2) is 47.4 Å². The minimum atomic E-state index is -3.76. The van der Waals surface area contributed by atoms with E-state index >= 15 is 0 Å². The first kappa shape index (κ1) is 16.1. The lowest BCUT2D eigenvalue weighted by molar-refractivity contribution is 0.602. The maximum Gasteiger partial charge on any atom is 0.263 e. The summed E-state index contributed by atoms with van der Waals surface area (Å²) in [6.45, 7) is 0. The predicted molar refractivity (Wildman–Crippen MR) is 100 cm³/mol. The van der Waals surface area contributed by atoms with Crippen LogP contribution in [0, 0.1) is 11.3 Å². The fourth-order valence-electron chi connectivity index (χ4n) is 3.36. The van der Waals surface area contributed by atoms with Crippen molar-refractivity contribution in [3.8, 4) is 6.07 Å². The minimum absolute atomic E-state index is 0.237. The first-order valence-electron chi connectivity index (χ1n) is 8.15. The molecule has 0 atom stereocenters. The molecule has 0 spiro atoms. The summed E-state index contributed by atoms with van der Waals surface area (Å²) in [4.78, 5) is 1.37. The van der Waals surface area contributed by atoms with Crippen LogP contribution in [-0.4, -0.2) is 8.42 Å². The second-order valence-corrected chi connectivity index (χ2v) is 8.87. The number of hydrogen-bond donors (Lipinski definition) is 1. The monoisotopic (exact) mass is 368 g/mol. The molecule has 3 aromatic rings. The molecule has 6 heteroatoms. The first-order valence-corrected chi connectivity index (χ1v) is 10.5. The van der Waals surface area contributed by atoms with Gasteiger partial charge in [0.15, 0.2) is 0 Å². The van der Waals surface area contributed by atoms with Crippen LogP contribution in [0.5, 0.6) is 0 Å². The van der Waals surface area contributed by atoms with Gasteiger partial charge in [0.05, 0.1) is 10.5 Å². The van der Waals surface area contributed by atoms with Crippen molar-refractivity contribution in [3.63, 3.8) is 0 Å². The number of nitrogens with one attached hydrogen (secondary N) is 1. The molecule has 0 saturated heterocycles. The normalized spacial score (nSPS) is 14.0. The van der Waals surface area contributed by atoms with Gasteiger partial charge in [-0.1, -0.05) is 36.4 Å². The highest BCUT2D eigenvalue weighted by Gasteiger charge is 2.25. The lowest BCUT2D eigenvalue weighted by Crippen LogP contribution is -2.13. The Kier molecular flexibility index (Phi) is 3.98. The molecule has 0 aliphatic heterocycles. The van der Waals surface area contributed by atoms with E-state index in [4.69, 9.17) is 0 Å². The molecular weight excluding hydrogens is 352 g/mol. The molecule has 1 aliphatic carbocycles. The third-order valence-corrected chi connectivity index (χ3v) is 7.29. The standard InChI is InChI=1S/C19H16N2O2S2/c20-12-16-15-9-3-4-10-17(15)24-19(16)21-25(22,23)18-11-5-7-13-6-1-2-8-14(13)18/h1-2,5-8,11,21H,3-4,9-10H2. The van der Waals surface area contributed by atoms with E-state index in [0.717, 1.165) is 41.5 Å². The van der Waals surface area contributed by atoms with Crippen LogP contribution in [-0.2, 0) is 22.9 Å². The Hall–Kier alpha value is -2.36. The summed E-state index contributed by atoms with van der Waals surface area (Å²) in [5, 5.41) is 11.5. The van der Waals surface area contributed by atoms with Crippen molar-refractivity contribution in [2.45, 2.75) is 30.6 Å². The molecule has 4 nitrogen and oxygen atoms in total. The molecule has 25 heavy (non-hydrogen) atoms. The van der Waals surface area contributed by atoms with E-state index < -0.39 is 10.0 Å². The molecule has 0 bridgehead atoms. The number of thiophene rings is 1. The summed E-state index contributed by atoms with van der Waals surface area (Å²) in [5.74, 6) is 0. The highest BCUT2D eigenvalue weighted by atomic mass is 32.2. The molecule has 0 fully saturated rings. The molecular formula is C19H16N2O2S2. The highest BCUT2D eigenvalue weighted by molar-refractivity contribution is 7.93. The zero-order valence-electron chi connectivity index (χ0n) is 13.5. The zero-order chi connectivity index (χ0) is 17.4. The van der Waals surface area contributed by atoms with Crippen molar-refractivity contribution in [2.24, 2.45) is 0 Å². The quantitative estimate of drug-likeness (QED) is 0.742. The van der Waals surface area contributed by atoms with Crippen molar-refractivity contribution in [3.05, 3.63) is 58.5 Å². The summed E-state index contributed by atoms with van der Waals surface area (Å²) < 4.78 is 28.6. The topological polar surface area (TPSA) is 70.0 Å². The number of nitrogens with zero attached hydrogens (tertiary/aromatic N) is 1. The molecule has 126 valence electrons. The smallest absolute Gasteiger partial charge is 0.263 e. The number of aryl methyl sites for hydroxylation is 1. The molecule has 1 aromatic heterocycles. The Balaban J connectivity index is 1.80. The SMILES string of the molecule is N#Cc1c(NS(=O)(=O)c2cccc3ccccc23)sc2c1CCCC2. The second kappa shape index (κ2) is 6.17. The van der Waals surface area contributed by atoms with Crippen LogP contribution in [0.1, 0.15) is 28.8 Å². The molecule has 1 N–H and O–H groups in total. The van der Waals surface area contributed by atoms with Gasteiger partial charge in [-0.05, 0) is 42.7 Å². The summed E-state index contributed by atoms with van der Waals surface area (Å²) in [6.07, 6.45) is 3.91. The van der Waals surface area contributed by atoms with Gasteiger partial charge >= 0.3 is 0 Å². The van der Waals surface area contributed by atoms with Crippen molar-refractivity contribution < 1.29 is 8.42 Å². The predicted octanol–water partition coefficient (Wildman–Crippen LogP) is 4.45. The average molecular weight is 368 g/mol. The van der Waals surface area contributed by atoms with Gasteiger partial charge in [0.1, 0.15) is 11.1 Å². The lowest BCUT2D eigenvalue weighted by atomic mass is 9.96. The van der Waals surface area contributed by atoms with Gasteiger partial charge in [-0.2, -0.15) is 5.26 Å². The van der Waals surface area contributed by atoms with E-state index in [0.29, 0.717) is 16.0 Å². The summed E-state index contributed by atoms with van der Waals surface area (Å²) in [6, 6.07) is 14.8. The van der Waals surface area contributed by atoms with Crippen LogP contribution in [0.25, 0.3) is 10.8 Å². The van der Waals surface area contributed by atoms with E-state index in [-0.39, 0.29) is 4.90 Å². The summed E-state index contributed by atoms with van der Waals surface area (Å²) in [7, 11) is -3.76. The van der Waals surface area contributed by atoms with Crippen LogP contribution in [0.3, 0.4) is 0 Å². The van der Waals surface area contributed by atoms with Crippen molar-refractivity contribution in [1.29, 1.82) is 5.26 Å². The molecule has 1 aliphatic rings. The maximum atomic E-state index is 13.0. The van der Waals surface area contributed by atoms with Crippen molar-refractivity contribution >= 4 is 37.1 Å². The van der Waals surface area contributed by atoms with Gasteiger partial charge in [0, 0.05) is 10.3 Å². The Morgan fingerprint density at radius 2 is 1.80 bits per heavy atom. The molecule has 4 rings (SSSR count). The van der Waals surface area contributed by atoms with E-state index in [1.165, 1.54) is 11.3 Å². The zero-order valence-corrected chi connectivity index (χ0v) is 15.1. The minimum Gasteiger partial charge on any atom is -0.269 e. The number of nitriles is 1. The third-order valence-electron chi connectivity index (χ3n) is 4.55. The van der Waals surface area contributed by atoms with Gasteiger partial charge in [-0.15, -0.1) is 11.3 Å². The number of hydrogen-bond acceptors (Lipinski definition) is 4. The largest absolute Gasteiger partial charge is 0.269 e. The number of sulfonamides is 1. The van der Waals surface area contributed by atoms with Gasteiger partial charge in [0.2, 0.25) is 0 Å². The Morgan fingerprint density at radius 1 is 1.04 bits per heavy atom. The number of benzene rings is 2. The van der Waals surface area contributed by atoms with Crippen molar-refractivity contribution in [2.75, 3.05) is 4.72 Å². The van der Waals surface area contributed by atoms with Gasteiger partial charge < -0.3 is 0 Å². The number of rotatable bonds is 3. The Morgan fingerprint density at radius 3 is 2.64 bits per heavy atom. The van der Waals surface area contributed by atoms with Crippen LogP contribution < -0.4 is 4.72 Å². The lowest BCUT2D eigenvalue weighted by Gasteiger charge is -2.10. The number of fused-ring (bicyclic) bond motifs is 2. The molecule has 2 aromatic carbocycles. The van der Waals surface area contributed by atoms with E-state index in [2.05, 4.69) is 10.8 Å². The Bertz CT molecular complexity index is 1100. The van der Waals surface area contributed by atoms with E-state index in [9.17, 15) is 13.7 Å². The van der Waals surface area contributed by atoms with Crippen LogP contribution in [0.2, 0.25) is 0 Å². The van der Waals surface area contributed by atoms with Crippen LogP contribution in [0.4, 0.5) is 5.00 Å². The maximum absolute atomic E-state index is 13.0. The second-order valence-electron chi connectivity index (χ2n) is 6.11. The van der Waals surface area contributed by atoms with E-state index in [1.54, 1.807) is 18.2 Å². The summed E-state index contributed by atoms with van der Waals surface area (Å²) >= 11 is 1.40. The molecule has 0 radical (unpaired) electrons. The Labute approximate surface area is 150 Å². The van der Waals surface area contributed by atoms with Gasteiger partial charge in [-0.25, -0.2) is 8.42 Å². The fourth-order valence-corrected chi connectivity index (χ4v) is 6.14. The van der Waals surface area contributed by atoms with Crippen LogP contribution >= 0.6 is 11.3 Å². The van der Waals surface area contributed by atoms with E-state index in [1.807, 2.05) is 24.3 Å². The fraction of sp³-hybridized carbons (Fsp3) is 0.211. The third kappa shape index (κ3) is 2.80. The van der Waals surface area contributed by atoms with Gasteiger partial charge in [0.25, 0.3) is 10.0 Å². The van der Waals surface area contributed by atoms with Crippen molar-refractivity contribution in [1.82, 2.24) is 0 Å². The molecule has 0 unspecified atom stereocenters. The summed E-state index contributed by atoms with van der Waals surface area (Å²) in [5.41, 5.74) is 1.51. The molecule has 1 heterocycles. The first-order chi connectivity index (χ1) is 12.1. The van der Waals surface area contributed by atoms with Gasteiger partial charge in [-0.3, -0.25) is 4.72 Å². The highest BCUT2D eigenvalue weighted by Crippen LogP contribution is 2.39. The molecule has 0 amide bonds. The number of anilines is 1. The average Bonchev–Trinajstić information content (AvgIpc) is 2.97. The molecule has 0 saturated carbocycles.